The molecule has 2 aromatic rings. The van der Waals surface area contributed by atoms with E-state index >= 15 is 0 Å². The molecule has 1 aromatic heterocycles. The van der Waals surface area contributed by atoms with Gasteiger partial charge in [0.2, 0.25) is 5.88 Å². The predicted molar refractivity (Wildman–Crippen MR) is 109 cm³/mol. The van der Waals surface area contributed by atoms with Gasteiger partial charge in [0.15, 0.2) is 0 Å². The first-order valence-electron chi connectivity index (χ1n) is 9.92. The Morgan fingerprint density at radius 3 is 2.56 bits per heavy atom. The molecule has 0 amide bonds. The van der Waals surface area contributed by atoms with E-state index in [1.807, 2.05) is 6.07 Å². The molecule has 1 saturated carbocycles. The van der Waals surface area contributed by atoms with Gasteiger partial charge in [-0.15, -0.1) is 0 Å². The maximum Gasteiger partial charge on any atom is 0.480 e. The number of carboxylic acid groups (broad SMARTS) is 1. The van der Waals surface area contributed by atoms with Crippen LogP contribution in [0.5, 0.6) is 5.88 Å². The summed E-state index contributed by atoms with van der Waals surface area (Å²) in [4.78, 5) is 13.4. The Hall–Kier alpha value is -2.36. The molecule has 0 radical (unpaired) electrons. The Balaban J connectivity index is 1.74. The highest BCUT2D eigenvalue weighted by Crippen LogP contribution is 2.34. The van der Waals surface area contributed by atoms with Gasteiger partial charge in [-0.3, -0.25) is 0 Å². The number of aromatic nitrogens is 1. The summed E-state index contributed by atoms with van der Waals surface area (Å²) >= 11 is 0. The number of aliphatic carboxylic acids is 1. The van der Waals surface area contributed by atoms with E-state index in [1.54, 1.807) is 6.20 Å². The van der Waals surface area contributed by atoms with Crippen LogP contribution >= 0.6 is 0 Å². The zero-order valence-corrected chi connectivity index (χ0v) is 16.3. The second kappa shape index (κ2) is 8.55. The molecule has 4 nitrogen and oxygen atoms in total. The second-order valence-electron chi connectivity index (χ2n) is 8.11. The lowest BCUT2D eigenvalue weighted by atomic mass is 9.80. The van der Waals surface area contributed by atoms with E-state index in [-0.39, 0.29) is 11.5 Å². The van der Waals surface area contributed by atoms with Crippen LogP contribution in [0.1, 0.15) is 64.4 Å². The van der Waals surface area contributed by atoms with Crippen LogP contribution in [0.25, 0.3) is 11.1 Å². The van der Waals surface area contributed by atoms with Crippen molar-refractivity contribution in [2.45, 2.75) is 70.3 Å². The van der Waals surface area contributed by atoms with Gasteiger partial charge in [0.25, 0.3) is 0 Å². The van der Waals surface area contributed by atoms with Crippen molar-refractivity contribution in [3.63, 3.8) is 0 Å². The summed E-state index contributed by atoms with van der Waals surface area (Å²) in [7, 11) is 0. The smallest absolute Gasteiger partial charge is 0.474 e. The zero-order chi connectivity index (χ0) is 19.3. The molecule has 0 aliphatic heterocycles. The van der Waals surface area contributed by atoms with Gasteiger partial charge in [-0.1, -0.05) is 38.1 Å². The number of carboxylic acids is 1. The minimum Gasteiger partial charge on any atom is -0.474 e. The van der Waals surface area contributed by atoms with E-state index in [0.29, 0.717) is 6.42 Å². The van der Waals surface area contributed by atoms with Crippen molar-refractivity contribution >= 4 is 5.97 Å². The van der Waals surface area contributed by atoms with Crippen LogP contribution in [0.3, 0.4) is 0 Å². The number of nitrogens with zero attached hydrogens (tertiary/aromatic N) is 1. The third-order valence-corrected chi connectivity index (χ3v) is 5.53. The monoisotopic (exact) mass is 368 g/mol. The molecule has 1 aliphatic rings. The first-order valence-corrected chi connectivity index (χ1v) is 9.92. The van der Waals surface area contributed by atoms with Gasteiger partial charge in [-0.25, -0.2) is 4.98 Å². The van der Waals surface area contributed by atoms with Gasteiger partial charge < -0.3 is 14.6 Å². The van der Waals surface area contributed by atoms with Crippen molar-refractivity contribution in [2.75, 3.05) is 0 Å². The van der Waals surface area contributed by atoms with Crippen molar-refractivity contribution in [3.05, 3.63) is 48.2 Å². The van der Waals surface area contributed by atoms with E-state index in [0.717, 1.165) is 42.7 Å². The Morgan fingerprint density at radius 1 is 1.19 bits per heavy atom. The first-order chi connectivity index (χ1) is 13.0. The fourth-order valence-corrected chi connectivity index (χ4v) is 3.80. The molecule has 27 heavy (non-hydrogen) atoms. The van der Waals surface area contributed by atoms with Crippen molar-refractivity contribution < 1.29 is 14.6 Å². The second-order valence-corrected chi connectivity index (χ2v) is 8.11. The third-order valence-electron chi connectivity index (χ3n) is 5.53. The van der Waals surface area contributed by atoms with Gasteiger partial charge in [-0.2, -0.15) is 0 Å². The molecular formula is C23H30NO3+. The van der Waals surface area contributed by atoms with E-state index in [1.165, 1.54) is 18.4 Å². The van der Waals surface area contributed by atoms with Crippen LogP contribution in [0.15, 0.2) is 42.6 Å². The van der Waals surface area contributed by atoms with E-state index in [4.69, 9.17) is 14.6 Å². The molecule has 1 aromatic carbocycles. The van der Waals surface area contributed by atoms with E-state index in [2.05, 4.69) is 49.2 Å². The molecule has 3 rings (SSSR count). The lowest BCUT2D eigenvalue weighted by Crippen LogP contribution is -2.17. The normalized spacial score (nSPS) is 15.0. The number of hydrogen-bond acceptors (Lipinski definition) is 2. The molecule has 1 heterocycles. The van der Waals surface area contributed by atoms with Gasteiger partial charge in [0.1, 0.15) is 12.5 Å². The lowest BCUT2D eigenvalue weighted by Gasteiger charge is -2.25. The number of hydrogen-bond donors (Lipinski definition) is 1. The minimum absolute atomic E-state index is 0.0217. The SMILES string of the molecule is CC(C)(CCCC(O)=[OH+])c1ccc(-c2cccnc2OC2CCCC2)cc1. The predicted octanol–water partition coefficient (Wildman–Crippen LogP) is 5.58. The average Bonchev–Trinajstić information content (AvgIpc) is 3.15. The standard InChI is InChI=1S/C23H29NO3/c1-23(2,15-5-10-21(25)26)18-13-11-17(12-14-18)20-9-6-16-24-22(20)27-19-7-3-4-8-19/h6,9,11-14,16,19H,3-5,7-8,10,15H2,1-2H3,(H,25,26)/p+1. The number of benzene rings is 1. The Morgan fingerprint density at radius 2 is 1.89 bits per heavy atom. The summed E-state index contributed by atoms with van der Waals surface area (Å²) < 4.78 is 6.17. The molecule has 0 bridgehead atoms. The van der Waals surface area contributed by atoms with Crippen molar-refractivity contribution in [3.8, 4) is 17.0 Å². The fraction of sp³-hybridized carbons (Fsp3) is 0.478. The molecule has 0 atom stereocenters. The summed E-state index contributed by atoms with van der Waals surface area (Å²) in [5.41, 5.74) is 3.36. The largest absolute Gasteiger partial charge is 0.480 e. The van der Waals surface area contributed by atoms with Crippen LogP contribution in [0, 0.1) is 0 Å². The Labute approximate surface area is 161 Å². The summed E-state index contributed by atoms with van der Waals surface area (Å²) in [6.07, 6.45) is 8.76. The van der Waals surface area contributed by atoms with Gasteiger partial charge in [0.05, 0.1) is 0 Å². The van der Waals surface area contributed by atoms with Crippen LogP contribution in [-0.2, 0) is 5.41 Å². The van der Waals surface area contributed by atoms with Crippen molar-refractivity contribution in [1.29, 1.82) is 0 Å². The third kappa shape index (κ3) is 5.09. The first kappa shape index (κ1) is 19.4. The number of rotatable bonds is 8. The summed E-state index contributed by atoms with van der Waals surface area (Å²) in [5.74, 6) is 0.248. The topological polar surface area (TPSA) is 63.8 Å². The van der Waals surface area contributed by atoms with E-state index < -0.39 is 5.97 Å². The van der Waals surface area contributed by atoms with Crippen LogP contribution in [-0.4, -0.2) is 27.0 Å². The molecule has 144 valence electrons. The maximum absolute atomic E-state index is 8.96. The summed E-state index contributed by atoms with van der Waals surface area (Å²) in [5, 5.41) is 8.96. The van der Waals surface area contributed by atoms with Crippen LogP contribution in [0.2, 0.25) is 0 Å². The highest BCUT2D eigenvalue weighted by atomic mass is 16.5. The molecule has 1 aliphatic carbocycles. The minimum atomic E-state index is -0.479. The summed E-state index contributed by atoms with van der Waals surface area (Å²) in [6, 6.07) is 12.6. The van der Waals surface area contributed by atoms with Crippen molar-refractivity contribution in [2.24, 2.45) is 0 Å². The summed E-state index contributed by atoms with van der Waals surface area (Å²) in [6.45, 7) is 4.38. The number of pyridine rings is 1. The molecule has 2 N–H and O–H groups in total. The van der Waals surface area contributed by atoms with Gasteiger partial charge in [-0.05, 0) is 67.2 Å². The molecular weight excluding hydrogens is 338 g/mol. The highest BCUT2D eigenvalue weighted by Gasteiger charge is 2.22. The maximum atomic E-state index is 8.96. The highest BCUT2D eigenvalue weighted by molar-refractivity contribution is 5.69. The Bertz CT molecular complexity index is 761. The lowest BCUT2D eigenvalue weighted by molar-refractivity contribution is 0.202. The zero-order valence-electron chi connectivity index (χ0n) is 16.3. The van der Waals surface area contributed by atoms with Crippen molar-refractivity contribution in [1.82, 2.24) is 4.98 Å². The van der Waals surface area contributed by atoms with Gasteiger partial charge >= 0.3 is 5.97 Å². The Kier molecular flexibility index (Phi) is 6.15. The van der Waals surface area contributed by atoms with Gasteiger partial charge in [0, 0.05) is 11.8 Å². The van der Waals surface area contributed by atoms with E-state index in [9.17, 15) is 0 Å². The molecule has 0 unspecified atom stereocenters. The fourth-order valence-electron chi connectivity index (χ4n) is 3.80. The quantitative estimate of drug-likeness (QED) is 0.619. The number of ether oxygens (including phenoxy) is 1. The number of aliphatic hydroxyl groups excluding tert-OH is 1. The molecule has 0 saturated heterocycles. The van der Waals surface area contributed by atoms with Crippen LogP contribution in [0.4, 0.5) is 0 Å². The molecule has 4 heteroatoms. The molecule has 0 spiro atoms. The average molecular weight is 368 g/mol. The molecule has 1 fully saturated rings. The van der Waals surface area contributed by atoms with Crippen LogP contribution < -0.4 is 4.74 Å².